The van der Waals surface area contributed by atoms with Gasteiger partial charge < -0.3 is 14.8 Å². The highest BCUT2D eigenvalue weighted by Crippen LogP contribution is 2.25. The van der Waals surface area contributed by atoms with E-state index in [9.17, 15) is 4.79 Å². The molecule has 0 spiro atoms. The average Bonchev–Trinajstić information content (AvgIpc) is 2.62. The molecule has 25 heavy (non-hydrogen) atoms. The van der Waals surface area contributed by atoms with E-state index < -0.39 is 6.10 Å². The fourth-order valence-electron chi connectivity index (χ4n) is 2.74. The Morgan fingerprint density at radius 3 is 2.44 bits per heavy atom. The van der Waals surface area contributed by atoms with Gasteiger partial charge in [-0.3, -0.25) is 4.79 Å². The highest BCUT2D eigenvalue weighted by atomic mass is 16.5. The summed E-state index contributed by atoms with van der Waals surface area (Å²) in [5.74, 6) is 1.40. The molecule has 2 aromatic rings. The lowest BCUT2D eigenvalue weighted by atomic mass is 10.1. The van der Waals surface area contributed by atoms with Gasteiger partial charge in [0.2, 0.25) is 0 Å². The lowest BCUT2D eigenvalue weighted by Crippen LogP contribution is -2.39. The van der Waals surface area contributed by atoms with E-state index in [2.05, 4.69) is 5.32 Å². The summed E-state index contributed by atoms with van der Waals surface area (Å²) in [4.78, 5) is 12.7. The van der Waals surface area contributed by atoms with Gasteiger partial charge in [0.15, 0.2) is 6.10 Å². The first-order chi connectivity index (χ1) is 12.0. The molecule has 1 amide bonds. The molecule has 4 nitrogen and oxygen atoms in total. The van der Waals surface area contributed by atoms with Crippen LogP contribution in [0, 0.1) is 13.8 Å². The van der Waals surface area contributed by atoms with Crippen LogP contribution in [0.2, 0.25) is 0 Å². The number of hydrogen-bond acceptors (Lipinski definition) is 3. The van der Waals surface area contributed by atoms with E-state index in [0.29, 0.717) is 6.42 Å². The second-order valence-electron chi connectivity index (χ2n) is 6.19. The number of hydrogen-bond donors (Lipinski definition) is 1. The smallest absolute Gasteiger partial charge is 0.261 e. The van der Waals surface area contributed by atoms with E-state index in [-0.39, 0.29) is 11.9 Å². The molecular formula is C21H27NO3. The second-order valence-corrected chi connectivity index (χ2v) is 6.19. The molecule has 0 unspecified atom stereocenters. The van der Waals surface area contributed by atoms with E-state index in [1.165, 1.54) is 0 Å². The largest absolute Gasteiger partial charge is 0.496 e. The molecule has 0 heterocycles. The van der Waals surface area contributed by atoms with Crippen LogP contribution in [0.25, 0.3) is 0 Å². The van der Waals surface area contributed by atoms with Gasteiger partial charge in [0.05, 0.1) is 13.2 Å². The van der Waals surface area contributed by atoms with Gasteiger partial charge in [-0.2, -0.15) is 0 Å². The summed E-state index contributed by atoms with van der Waals surface area (Å²) in [5, 5.41) is 3.03. The standard InChI is InChI=1S/C21H27NO3/c1-6-18(25-19-13-9-10-14(2)15(19)3)21(23)22-16(4)17-11-7-8-12-20(17)24-5/h7-13,16,18H,6H2,1-5H3,(H,22,23)/t16-,18+/m0/s1. The maximum Gasteiger partial charge on any atom is 0.261 e. The molecule has 0 fully saturated rings. The zero-order chi connectivity index (χ0) is 18.4. The van der Waals surface area contributed by atoms with Gasteiger partial charge >= 0.3 is 0 Å². The number of carbonyl (C=O) groups excluding carboxylic acids is 1. The fourth-order valence-corrected chi connectivity index (χ4v) is 2.74. The minimum absolute atomic E-state index is 0.123. The molecule has 0 aromatic heterocycles. The molecule has 0 bridgehead atoms. The zero-order valence-corrected chi connectivity index (χ0v) is 15.6. The molecule has 0 aliphatic heterocycles. The summed E-state index contributed by atoms with van der Waals surface area (Å²) in [6, 6.07) is 13.4. The Balaban J connectivity index is 2.10. The molecule has 0 aliphatic carbocycles. The third kappa shape index (κ3) is 4.53. The first-order valence-electron chi connectivity index (χ1n) is 8.64. The predicted octanol–water partition coefficient (Wildman–Crippen LogP) is 4.35. The highest BCUT2D eigenvalue weighted by Gasteiger charge is 2.22. The lowest BCUT2D eigenvalue weighted by molar-refractivity contribution is -0.128. The van der Waals surface area contributed by atoms with Gasteiger partial charge in [0.25, 0.3) is 5.91 Å². The molecule has 2 atom stereocenters. The maximum absolute atomic E-state index is 12.7. The van der Waals surface area contributed by atoms with Crippen molar-refractivity contribution in [3.63, 3.8) is 0 Å². The van der Waals surface area contributed by atoms with Crippen molar-refractivity contribution in [2.45, 2.75) is 46.3 Å². The number of rotatable bonds is 7. The van der Waals surface area contributed by atoms with E-state index >= 15 is 0 Å². The van der Waals surface area contributed by atoms with Crippen molar-refractivity contribution < 1.29 is 14.3 Å². The van der Waals surface area contributed by atoms with Crippen molar-refractivity contribution in [2.24, 2.45) is 0 Å². The molecule has 2 aromatic carbocycles. The van der Waals surface area contributed by atoms with Crippen LogP contribution >= 0.6 is 0 Å². The number of benzene rings is 2. The van der Waals surface area contributed by atoms with Crippen molar-refractivity contribution in [1.82, 2.24) is 5.32 Å². The Hall–Kier alpha value is -2.49. The normalized spacial score (nSPS) is 13.0. The molecular weight excluding hydrogens is 314 g/mol. The summed E-state index contributed by atoms with van der Waals surface area (Å²) in [7, 11) is 1.63. The van der Waals surface area contributed by atoms with Gasteiger partial charge in [0.1, 0.15) is 11.5 Å². The second kappa shape index (κ2) is 8.56. The van der Waals surface area contributed by atoms with Crippen LogP contribution < -0.4 is 14.8 Å². The average molecular weight is 341 g/mol. The van der Waals surface area contributed by atoms with Gasteiger partial charge in [-0.1, -0.05) is 37.3 Å². The van der Waals surface area contributed by atoms with Crippen molar-refractivity contribution >= 4 is 5.91 Å². The van der Waals surface area contributed by atoms with Crippen LogP contribution in [0.4, 0.5) is 0 Å². The third-order valence-corrected chi connectivity index (χ3v) is 4.45. The van der Waals surface area contributed by atoms with Crippen LogP contribution in [0.5, 0.6) is 11.5 Å². The number of para-hydroxylation sites is 1. The number of carbonyl (C=O) groups is 1. The highest BCUT2D eigenvalue weighted by molar-refractivity contribution is 5.81. The van der Waals surface area contributed by atoms with Crippen molar-refractivity contribution in [3.05, 3.63) is 59.2 Å². The van der Waals surface area contributed by atoms with E-state index in [0.717, 1.165) is 28.2 Å². The summed E-state index contributed by atoms with van der Waals surface area (Å²) >= 11 is 0. The third-order valence-electron chi connectivity index (χ3n) is 4.45. The van der Waals surface area contributed by atoms with Crippen LogP contribution in [-0.4, -0.2) is 19.1 Å². The van der Waals surface area contributed by atoms with Gasteiger partial charge in [-0.15, -0.1) is 0 Å². The van der Waals surface area contributed by atoms with Crippen molar-refractivity contribution in [2.75, 3.05) is 7.11 Å². The summed E-state index contributed by atoms with van der Waals surface area (Å²) < 4.78 is 11.4. The number of aryl methyl sites for hydroxylation is 1. The number of methoxy groups -OCH3 is 1. The van der Waals surface area contributed by atoms with Crippen molar-refractivity contribution in [1.29, 1.82) is 0 Å². The van der Waals surface area contributed by atoms with Gasteiger partial charge in [0, 0.05) is 5.56 Å². The predicted molar refractivity (Wildman–Crippen MR) is 100 cm³/mol. The Labute approximate surface area is 150 Å². The number of nitrogens with one attached hydrogen (secondary N) is 1. The lowest BCUT2D eigenvalue weighted by Gasteiger charge is -2.22. The van der Waals surface area contributed by atoms with Crippen LogP contribution in [0.1, 0.15) is 43.0 Å². The summed E-state index contributed by atoms with van der Waals surface area (Å²) in [6.07, 6.45) is 0.0652. The Morgan fingerprint density at radius 1 is 1.08 bits per heavy atom. The molecule has 0 aliphatic rings. The zero-order valence-electron chi connectivity index (χ0n) is 15.6. The molecule has 0 saturated heterocycles. The van der Waals surface area contributed by atoms with Crippen molar-refractivity contribution in [3.8, 4) is 11.5 Å². The quantitative estimate of drug-likeness (QED) is 0.814. The topological polar surface area (TPSA) is 47.6 Å². The first kappa shape index (κ1) is 18.8. The monoisotopic (exact) mass is 341 g/mol. The minimum Gasteiger partial charge on any atom is -0.496 e. The number of amides is 1. The van der Waals surface area contributed by atoms with Crippen LogP contribution in [0.3, 0.4) is 0 Å². The SMILES string of the molecule is CC[C@@H](Oc1cccc(C)c1C)C(=O)N[C@@H](C)c1ccccc1OC. The summed E-state index contributed by atoms with van der Waals surface area (Å²) in [6.45, 7) is 7.93. The molecule has 1 N–H and O–H groups in total. The maximum atomic E-state index is 12.7. The van der Waals surface area contributed by atoms with E-state index in [1.54, 1.807) is 7.11 Å². The molecule has 4 heteroatoms. The Morgan fingerprint density at radius 2 is 1.76 bits per heavy atom. The van der Waals surface area contributed by atoms with Gasteiger partial charge in [-0.05, 0) is 50.5 Å². The molecule has 134 valence electrons. The van der Waals surface area contributed by atoms with E-state index in [1.807, 2.05) is 70.2 Å². The van der Waals surface area contributed by atoms with E-state index in [4.69, 9.17) is 9.47 Å². The Kier molecular flexibility index (Phi) is 6.45. The minimum atomic E-state index is -0.530. The fraction of sp³-hybridized carbons (Fsp3) is 0.381. The van der Waals surface area contributed by atoms with Crippen LogP contribution in [0.15, 0.2) is 42.5 Å². The molecule has 0 radical (unpaired) electrons. The molecule has 2 rings (SSSR count). The van der Waals surface area contributed by atoms with Gasteiger partial charge in [-0.25, -0.2) is 0 Å². The van der Waals surface area contributed by atoms with Crippen LogP contribution in [-0.2, 0) is 4.79 Å². The number of ether oxygens (including phenoxy) is 2. The Bertz CT molecular complexity index is 727. The first-order valence-corrected chi connectivity index (χ1v) is 8.64. The molecule has 0 saturated carbocycles. The summed E-state index contributed by atoms with van der Waals surface area (Å²) in [5.41, 5.74) is 3.15.